The minimum absolute atomic E-state index is 0.0184. The molecule has 1 aliphatic heterocycles. The SMILES string of the molecule is C=C1CC(=O)N[C@@H](C)C(=O)N(C)[C@@H](C(C)C)C(=O)NCC(=O)O[C@@H](/C(C)=C/C(C)=C/C(C)C)[C@@H]1C. The molecule has 1 aliphatic rings. The van der Waals surface area contributed by atoms with Gasteiger partial charge in [-0.25, -0.2) is 0 Å². The number of nitrogens with zero attached hydrogens (tertiary/aromatic N) is 1. The van der Waals surface area contributed by atoms with Crippen molar-refractivity contribution in [2.24, 2.45) is 17.8 Å². The summed E-state index contributed by atoms with van der Waals surface area (Å²) < 4.78 is 5.80. The predicted octanol–water partition coefficient (Wildman–Crippen LogP) is 3.15. The number of hydrogen-bond donors (Lipinski definition) is 2. The van der Waals surface area contributed by atoms with Crippen LogP contribution < -0.4 is 10.6 Å². The zero-order valence-corrected chi connectivity index (χ0v) is 22.7. The van der Waals surface area contributed by atoms with Crippen molar-refractivity contribution in [1.82, 2.24) is 15.5 Å². The van der Waals surface area contributed by atoms with Crippen LogP contribution in [0, 0.1) is 17.8 Å². The second kappa shape index (κ2) is 13.3. The maximum absolute atomic E-state index is 12.9. The molecule has 2 N–H and O–H groups in total. The Morgan fingerprint density at radius 1 is 1.11 bits per heavy atom. The van der Waals surface area contributed by atoms with Gasteiger partial charge in [0.15, 0.2) is 0 Å². The molecular weight excluding hydrogens is 446 g/mol. The molecule has 0 aromatic carbocycles. The standard InChI is InChI=1S/C27H43N3O5/c1-15(2)11-17(5)12-19(7)25-20(8)18(6)13-22(31)29-21(9)27(34)30(10)24(16(3)4)26(33)28-14-23(32)35-25/h11-12,15-16,20-21,24-25H,6,13-14H2,1-5,7-10H3,(H,28,33)(H,29,31)/b17-11+,19-12+/t20-,21+,24+,25+/m1/s1. The second-order valence-corrected chi connectivity index (χ2v) is 10.2. The quantitative estimate of drug-likeness (QED) is 0.359. The molecule has 8 nitrogen and oxygen atoms in total. The zero-order valence-electron chi connectivity index (χ0n) is 22.7. The molecule has 0 unspecified atom stereocenters. The second-order valence-electron chi connectivity index (χ2n) is 10.2. The molecule has 196 valence electrons. The smallest absolute Gasteiger partial charge is 0.326 e. The molecule has 0 aromatic rings. The van der Waals surface area contributed by atoms with E-state index < -0.39 is 36.0 Å². The molecule has 0 aliphatic carbocycles. The van der Waals surface area contributed by atoms with Gasteiger partial charge in [0, 0.05) is 19.4 Å². The van der Waals surface area contributed by atoms with Crippen LogP contribution >= 0.6 is 0 Å². The highest BCUT2D eigenvalue weighted by Gasteiger charge is 2.34. The summed E-state index contributed by atoms with van der Waals surface area (Å²) >= 11 is 0. The van der Waals surface area contributed by atoms with Gasteiger partial charge in [0.2, 0.25) is 17.7 Å². The van der Waals surface area contributed by atoms with E-state index in [4.69, 9.17) is 4.74 Å². The summed E-state index contributed by atoms with van der Waals surface area (Å²) in [7, 11) is 1.52. The number of hydrogen-bond acceptors (Lipinski definition) is 5. The summed E-state index contributed by atoms with van der Waals surface area (Å²) in [5.41, 5.74) is 2.41. The van der Waals surface area contributed by atoms with Gasteiger partial charge in [-0.05, 0) is 38.2 Å². The van der Waals surface area contributed by atoms with Crippen molar-refractivity contribution in [2.45, 2.75) is 80.0 Å². The maximum atomic E-state index is 12.9. The summed E-state index contributed by atoms with van der Waals surface area (Å²) in [5.74, 6) is -2.05. The fourth-order valence-corrected chi connectivity index (χ4v) is 4.36. The number of rotatable bonds is 4. The largest absolute Gasteiger partial charge is 0.456 e. The summed E-state index contributed by atoms with van der Waals surface area (Å²) in [6.45, 7) is 18.8. The Kier molecular flexibility index (Phi) is 11.4. The minimum atomic E-state index is -0.825. The third kappa shape index (κ3) is 9.00. The molecule has 0 radical (unpaired) electrons. The Morgan fingerprint density at radius 3 is 2.26 bits per heavy atom. The third-order valence-electron chi connectivity index (χ3n) is 6.06. The lowest BCUT2D eigenvalue weighted by Gasteiger charge is -2.32. The average Bonchev–Trinajstić information content (AvgIpc) is 2.73. The molecule has 1 fully saturated rings. The van der Waals surface area contributed by atoms with Crippen molar-refractivity contribution in [1.29, 1.82) is 0 Å². The molecule has 1 heterocycles. The Bertz CT molecular complexity index is 887. The molecule has 1 saturated heterocycles. The Balaban J connectivity index is 3.38. The first-order valence-electron chi connectivity index (χ1n) is 12.2. The lowest BCUT2D eigenvalue weighted by atomic mass is 9.88. The van der Waals surface area contributed by atoms with Crippen molar-refractivity contribution < 1.29 is 23.9 Å². The molecule has 3 amide bonds. The van der Waals surface area contributed by atoms with Crippen molar-refractivity contribution >= 4 is 23.7 Å². The van der Waals surface area contributed by atoms with Crippen LogP contribution in [-0.2, 0) is 23.9 Å². The number of ether oxygens (including phenoxy) is 1. The van der Waals surface area contributed by atoms with E-state index in [1.165, 1.54) is 11.9 Å². The van der Waals surface area contributed by atoms with Crippen LogP contribution in [0.2, 0.25) is 0 Å². The van der Waals surface area contributed by atoms with Gasteiger partial charge in [0.25, 0.3) is 0 Å². The zero-order chi connectivity index (χ0) is 27.0. The first-order chi connectivity index (χ1) is 16.1. The summed E-state index contributed by atoms with van der Waals surface area (Å²) in [6.07, 6.45) is 3.38. The van der Waals surface area contributed by atoms with Crippen LogP contribution in [0.1, 0.15) is 61.8 Å². The number of amides is 3. The van der Waals surface area contributed by atoms with E-state index >= 15 is 0 Å². The fraction of sp³-hybridized carbons (Fsp3) is 0.630. The highest BCUT2D eigenvalue weighted by molar-refractivity contribution is 5.93. The molecule has 1 rings (SSSR count). The molecule has 0 spiro atoms. The first kappa shape index (κ1) is 30.1. The van der Waals surface area contributed by atoms with E-state index in [0.717, 1.165) is 11.1 Å². The van der Waals surface area contributed by atoms with E-state index in [0.29, 0.717) is 11.5 Å². The first-order valence-corrected chi connectivity index (χ1v) is 12.2. The molecule has 0 bridgehead atoms. The van der Waals surface area contributed by atoms with Crippen LogP contribution in [0.4, 0.5) is 0 Å². The normalized spacial score (nSPS) is 26.8. The van der Waals surface area contributed by atoms with Gasteiger partial charge in [0.05, 0.1) is 0 Å². The van der Waals surface area contributed by atoms with Crippen LogP contribution in [0.5, 0.6) is 0 Å². The third-order valence-corrected chi connectivity index (χ3v) is 6.06. The van der Waals surface area contributed by atoms with Gasteiger partial charge >= 0.3 is 5.97 Å². The van der Waals surface area contributed by atoms with Gasteiger partial charge < -0.3 is 20.3 Å². The van der Waals surface area contributed by atoms with Crippen molar-refractivity contribution in [3.05, 3.63) is 35.5 Å². The minimum Gasteiger partial charge on any atom is -0.456 e. The van der Waals surface area contributed by atoms with Gasteiger partial charge in [0.1, 0.15) is 24.7 Å². The average molecular weight is 490 g/mol. The number of esters is 1. The molecule has 35 heavy (non-hydrogen) atoms. The molecule has 8 heteroatoms. The van der Waals surface area contributed by atoms with E-state index in [1.807, 2.05) is 40.7 Å². The number of cyclic esters (lactones) is 1. The number of likely N-dealkylation sites (N-methyl/N-ethyl adjacent to an activating group) is 1. The van der Waals surface area contributed by atoms with E-state index in [1.54, 1.807) is 6.92 Å². The van der Waals surface area contributed by atoms with Gasteiger partial charge in [-0.2, -0.15) is 0 Å². The van der Waals surface area contributed by atoms with Gasteiger partial charge in [-0.1, -0.05) is 64.5 Å². The van der Waals surface area contributed by atoms with Crippen LogP contribution in [0.3, 0.4) is 0 Å². The summed E-state index contributed by atoms with van der Waals surface area (Å²) in [5, 5.41) is 5.32. The van der Waals surface area contributed by atoms with Crippen LogP contribution in [0.25, 0.3) is 0 Å². The predicted molar refractivity (Wildman–Crippen MR) is 137 cm³/mol. The van der Waals surface area contributed by atoms with Crippen molar-refractivity contribution in [3.8, 4) is 0 Å². The van der Waals surface area contributed by atoms with Crippen LogP contribution in [0.15, 0.2) is 35.5 Å². The molecule has 4 atom stereocenters. The Morgan fingerprint density at radius 2 is 1.71 bits per heavy atom. The van der Waals surface area contributed by atoms with E-state index in [9.17, 15) is 19.2 Å². The van der Waals surface area contributed by atoms with Crippen molar-refractivity contribution in [2.75, 3.05) is 13.6 Å². The number of allylic oxidation sites excluding steroid dienone is 3. The molecule has 0 saturated carbocycles. The highest BCUT2D eigenvalue weighted by Crippen LogP contribution is 2.26. The maximum Gasteiger partial charge on any atom is 0.326 e. The Hall–Kier alpha value is -2.90. The lowest BCUT2D eigenvalue weighted by Crippen LogP contribution is -2.55. The van der Waals surface area contributed by atoms with E-state index in [-0.39, 0.29) is 30.7 Å². The van der Waals surface area contributed by atoms with Gasteiger partial charge in [-0.15, -0.1) is 0 Å². The number of nitrogens with one attached hydrogen (secondary N) is 2. The highest BCUT2D eigenvalue weighted by atomic mass is 16.5. The Labute approximate surface area is 210 Å². The lowest BCUT2D eigenvalue weighted by molar-refractivity contribution is -0.149. The monoisotopic (exact) mass is 489 g/mol. The van der Waals surface area contributed by atoms with Gasteiger partial charge in [-0.3, -0.25) is 19.2 Å². The summed E-state index contributed by atoms with van der Waals surface area (Å²) in [6, 6.07) is -1.64. The number of carbonyl (C=O) groups is 4. The molecular formula is C27H43N3O5. The summed E-state index contributed by atoms with van der Waals surface area (Å²) in [4.78, 5) is 52.6. The molecule has 0 aromatic heterocycles. The fourth-order valence-electron chi connectivity index (χ4n) is 4.36. The number of carbonyl (C=O) groups excluding carboxylic acids is 4. The van der Waals surface area contributed by atoms with Crippen molar-refractivity contribution in [3.63, 3.8) is 0 Å². The topological polar surface area (TPSA) is 105 Å². The van der Waals surface area contributed by atoms with Crippen LogP contribution in [-0.4, -0.2) is 60.4 Å². The van der Waals surface area contributed by atoms with E-state index in [2.05, 4.69) is 37.1 Å².